The lowest BCUT2D eigenvalue weighted by Crippen LogP contribution is -2.43. The van der Waals surface area contributed by atoms with Crippen molar-refractivity contribution >= 4 is 34.5 Å². The summed E-state index contributed by atoms with van der Waals surface area (Å²) in [4.78, 5) is 39.9. The fourth-order valence-electron chi connectivity index (χ4n) is 3.45. The van der Waals surface area contributed by atoms with Crippen molar-refractivity contribution in [2.45, 2.75) is 38.1 Å². The molecule has 1 heterocycles. The molecule has 1 aromatic carbocycles. The number of carbonyl (C=O) groups is 3. The van der Waals surface area contributed by atoms with Gasteiger partial charge in [0.15, 0.2) is 5.17 Å². The smallest absolute Gasteiger partial charge is 0.310 e. The van der Waals surface area contributed by atoms with Gasteiger partial charge in [0.2, 0.25) is 11.7 Å². The van der Waals surface area contributed by atoms with Gasteiger partial charge in [-0.2, -0.15) is 0 Å². The Bertz CT molecular complexity index is 747. The van der Waals surface area contributed by atoms with Crippen LogP contribution in [-0.4, -0.2) is 47.0 Å². The number of nitrogens with zero attached hydrogens (tertiary/aromatic N) is 2. The molecular weight excluding hydrogens is 376 g/mol. The molecule has 2 aliphatic rings. The van der Waals surface area contributed by atoms with Crippen molar-refractivity contribution in [3.63, 3.8) is 0 Å². The molecule has 1 aliphatic heterocycles. The van der Waals surface area contributed by atoms with Crippen LogP contribution in [0.15, 0.2) is 35.4 Å². The van der Waals surface area contributed by atoms with Crippen LogP contribution < -0.4 is 10.7 Å². The van der Waals surface area contributed by atoms with Gasteiger partial charge in [0.1, 0.15) is 6.04 Å². The van der Waals surface area contributed by atoms with E-state index in [0.717, 1.165) is 44.4 Å². The normalized spacial score (nSPS) is 20.0. The molecule has 1 aromatic rings. The van der Waals surface area contributed by atoms with E-state index in [4.69, 9.17) is 0 Å². The summed E-state index contributed by atoms with van der Waals surface area (Å²) >= 11 is 1.52. The van der Waals surface area contributed by atoms with Crippen molar-refractivity contribution < 1.29 is 14.4 Å². The summed E-state index contributed by atoms with van der Waals surface area (Å²) in [7, 11) is 1.88. The Balaban J connectivity index is 1.71. The van der Waals surface area contributed by atoms with Crippen molar-refractivity contribution in [1.29, 1.82) is 0 Å². The van der Waals surface area contributed by atoms with Gasteiger partial charge in [0.25, 0.3) is 0 Å². The number of nitrogens with one attached hydrogen (secondary N) is 2. The number of amides is 2. The molecule has 1 unspecified atom stereocenters. The average molecular weight is 403 g/mol. The Hall–Kier alpha value is -2.35. The highest BCUT2D eigenvalue weighted by atomic mass is 32.2. The van der Waals surface area contributed by atoms with E-state index in [1.165, 1.54) is 11.8 Å². The van der Waals surface area contributed by atoms with E-state index in [9.17, 15) is 14.4 Å². The lowest BCUT2D eigenvalue weighted by atomic mass is 9.88. The van der Waals surface area contributed by atoms with Crippen LogP contribution in [0.25, 0.3) is 0 Å². The van der Waals surface area contributed by atoms with Gasteiger partial charge < -0.3 is 10.2 Å². The first-order valence-electron chi connectivity index (χ1n) is 9.67. The van der Waals surface area contributed by atoms with E-state index < -0.39 is 17.7 Å². The second-order valence-electron chi connectivity index (χ2n) is 7.16. The summed E-state index contributed by atoms with van der Waals surface area (Å²) < 4.78 is 0. The van der Waals surface area contributed by atoms with E-state index in [0.29, 0.717) is 10.7 Å². The van der Waals surface area contributed by atoms with Crippen LogP contribution in [0.4, 0.5) is 0 Å². The van der Waals surface area contributed by atoms with Crippen LogP contribution in [0.5, 0.6) is 0 Å². The molecule has 1 saturated heterocycles. The number of amidine groups is 1. The molecule has 1 atom stereocenters. The van der Waals surface area contributed by atoms with Gasteiger partial charge >= 0.3 is 5.91 Å². The Morgan fingerprint density at radius 2 is 1.86 bits per heavy atom. The molecule has 150 valence electrons. The third kappa shape index (κ3) is 5.13. The van der Waals surface area contributed by atoms with Gasteiger partial charge in [0.05, 0.1) is 0 Å². The number of Topliss-reactive ketones (excluding diaryl/α,β-unsaturated/α-hetero) is 1. The van der Waals surface area contributed by atoms with E-state index in [1.807, 2.05) is 18.0 Å². The molecule has 0 bridgehead atoms. The third-order valence-corrected chi connectivity index (χ3v) is 6.17. The maximum absolute atomic E-state index is 12.8. The Labute approximate surface area is 169 Å². The minimum atomic E-state index is -1.01. The fraction of sp³-hybridized carbons (Fsp3) is 0.500. The predicted molar refractivity (Wildman–Crippen MR) is 110 cm³/mol. The van der Waals surface area contributed by atoms with Crippen LogP contribution in [0.2, 0.25) is 0 Å². The van der Waals surface area contributed by atoms with Crippen molar-refractivity contribution in [2.24, 2.45) is 11.0 Å². The van der Waals surface area contributed by atoms with Crippen LogP contribution in [0.1, 0.15) is 43.7 Å². The second-order valence-corrected chi connectivity index (χ2v) is 8.22. The van der Waals surface area contributed by atoms with Gasteiger partial charge in [0, 0.05) is 25.3 Å². The van der Waals surface area contributed by atoms with E-state index in [1.54, 1.807) is 24.3 Å². The van der Waals surface area contributed by atoms with Gasteiger partial charge in [-0.25, -0.2) is 5.43 Å². The largest absolute Gasteiger partial charge is 0.352 e. The number of hydrogen-bond acceptors (Lipinski definition) is 5. The molecule has 8 heteroatoms. The Kier molecular flexibility index (Phi) is 7.08. The highest BCUT2D eigenvalue weighted by Gasteiger charge is 2.31. The molecule has 0 aromatic heterocycles. The lowest BCUT2D eigenvalue weighted by Gasteiger charge is -2.24. The molecule has 2 amide bonds. The monoisotopic (exact) mass is 402 g/mol. The number of benzene rings is 1. The number of rotatable bonds is 6. The quantitative estimate of drug-likeness (QED) is 0.561. The summed E-state index contributed by atoms with van der Waals surface area (Å²) in [6, 6.07) is 7.86. The second kappa shape index (κ2) is 9.73. The van der Waals surface area contributed by atoms with Crippen molar-refractivity contribution in [3.8, 4) is 0 Å². The van der Waals surface area contributed by atoms with E-state index in [-0.39, 0.29) is 11.8 Å². The van der Waals surface area contributed by atoms with Crippen LogP contribution in [0, 0.1) is 5.92 Å². The van der Waals surface area contributed by atoms with Gasteiger partial charge in [-0.3, -0.25) is 14.4 Å². The molecular formula is C20H26N4O3S. The number of hydrazone groups is 1. The number of thioether (sulfide) groups is 1. The average Bonchev–Trinajstić information content (AvgIpc) is 3.15. The highest BCUT2D eigenvalue weighted by molar-refractivity contribution is 8.14. The zero-order chi connectivity index (χ0) is 19.9. The van der Waals surface area contributed by atoms with Gasteiger partial charge in [-0.05, 0) is 18.4 Å². The summed E-state index contributed by atoms with van der Waals surface area (Å²) in [5, 5.41) is 7.52. The first-order valence-corrected chi connectivity index (χ1v) is 10.7. The Morgan fingerprint density at radius 3 is 2.50 bits per heavy atom. The molecule has 7 nitrogen and oxygen atoms in total. The third-order valence-electron chi connectivity index (χ3n) is 5.12. The van der Waals surface area contributed by atoms with Crippen molar-refractivity contribution in [3.05, 3.63) is 35.9 Å². The number of hydrogen-bond donors (Lipinski definition) is 2. The molecule has 0 radical (unpaired) electrons. The molecule has 1 aliphatic carbocycles. The molecule has 3 rings (SSSR count). The van der Waals surface area contributed by atoms with Crippen molar-refractivity contribution in [2.75, 3.05) is 19.3 Å². The molecule has 28 heavy (non-hydrogen) atoms. The van der Waals surface area contributed by atoms with Crippen LogP contribution >= 0.6 is 11.8 Å². The number of carbonyl (C=O) groups excluding carboxylic acids is 3. The fourth-order valence-corrected chi connectivity index (χ4v) is 4.42. The zero-order valence-electron chi connectivity index (χ0n) is 16.0. The summed E-state index contributed by atoms with van der Waals surface area (Å²) in [6.07, 6.45) is 4.83. The van der Waals surface area contributed by atoms with Crippen LogP contribution in [-0.2, 0) is 14.4 Å². The summed E-state index contributed by atoms with van der Waals surface area (Å²) in [5.41, 5.74) is 2.93. The minimum absolute atomic E-state index is 0.0976. The SMILES string of the molecule is CN1CCSC1=NNC(=O)C(=O)C(NC(=O)C1CCCCC1)c1ccccc1. The maximum Gasteiger partial charge on any atom is 0.310 e. The standard InChI is InChI=1S/C20H26N4O3S/c1-24-12-13-28-20(24)23-22-19(27)17(25)16(14-8-4-2-5-9-14)21-18(26)15-10-6-3-7-11-15/h2,4-5,8-9,15-16H,3,6-7,10-13H2,1H3,(H,21,26)(H,22,27). The summed E-state index contributed by atoms with van der Waals surface area (Å²) in [5.74, 6) is -0.910. The lowest BCUT2D eigenvalue weighted by molar-refractivity contribution is -0.140. The Morgan fingerprint density at radius 1 is 1.14 bits per heavy atom. The molecule has 2 fully saturated rings. The first-order chi connectivity index (χ1) is 13.6. The van der Waals surface area contributed by atoms with Gasteiger partial charge in [-0.1, -0.05) is 61.4 Å². The molecule has 2 N–H and O–H groups in total. The molecule has 1 saturated carbocycles. The zero-order valence-corrected chi connectivity index (χ0v) is 16.8. The highest BCUT2D eigenvalue weighted by Crippen LogP contribution is 2.25. The van der Waals surface area contributed by atoms with E-state index >= 15 is 0 Å². The summed E-state index contributed by atoms with van der Waals surface area (Å²) in [6.45, 7) is 0.845. The first kappa shape index (κ1) is 20.4. The van der Waals surface area contributed by atoms with Gasteiger partial charge in [-0.15, -0.1) is 5.10 Å². The van der Waals surface area contributed by atoms with E-state index in [2.05, 4.69) is 15.8 Å². The molecule has 0 spiro atoms. The van der Waals surface area contributed by atoms with Crippen LogP contribution in [0.3, 0.4) is 0 Å². The topological polar surface area (TPSA) is 90.9 Å². The predicted octanol–water partition coefficient (Wildman–Crippen LogP) is 2.06. The van der Waals surface area contributed by atoms with Crippen molar-refractivity contribution in [1.82, 2.24) is 15.6 Å². The minimum Gasteiger partial charge on any atom is -0.352 e. The maximum atomic E-state index is 12.8. The number of ketones is 1.